The van der Waals surface area contributed by atoms with Gasteiger partial charge in [0.05, 0.1) is 0 Å². The van der Waals surface area contributed by atoms with Gasteiger partial charge in [0.25, 0.3) is 0 Å². The van der Waals surface area contributed by atoms with Gasteiger partial charge in [0.2, 0.25) is 5.82 Å². The minimum Gasteiger partial charge on any atom is -0.313 e. The van der Waals surface area contributed by atoms with Crippen LogP contribution in [0.15, 0.2) is 5.16 Å². The molecular weight excluding hydrogens is 261 g/mol. The molecule has 1 rings (SSSR count). The third-order valence-corrected chi connectivity index (χ3v) is 1.81. The number of halogens is 5. The molecule has 0 saturated carbocycles. The summed E-state index contributed by atoms with van der Waals surface area (Å²) in [6, 6.07) is 0. The van der Waals surface area contributed by atoms with Gasteiger partial charge in [0, 0.05) is 6.21 Å². The van der Waals surface area contributed by atoms with E-state index in [4.69, 9.17) is 0 Å². The van der Waals surface area contributed by atoms with Crippen LogP contribution >= 0.6 is 0 Å². The average Bonchev–Trinajstić information content (AvgIpc) is 2.34. The van der Waals surface area contributed by atoms with Crippen molar-refractivity contribution in [2.45, 2.75) is 13.3 Å². The van der Waals surface area contributed by atoms with Crippen molar-refractivity contribution in [1.29, 1.82) is 0 Å². The summed E-state index contributed by atoms with van der Waals surface area (Å²) in [5.41, 5.74) is -1.68. The highest BCUT2D eigenvalue weighted by Crippen LogP contribution is 2.23. The minimum absolute atomic E-state index is 0.352. The molecule has 0 aliphatic carbocycles. The lowest BCUT2D eigenvalue weighted by Crippen LogP contribution is -2.13. The van der Waals surface area contributed by atoms with Crippen LogP contribution in [0.4, 0.5) is 22.0 Å². The molecular formula is C10H6F5NO2. The fourth-order valence-corrected chi connectivity index (χ4v) is 0.989. The highest BCUT2D eigenvalue weighted by Gasteiger charge is 2.30. The first-order chi connectivity index (χ1) is 8.41. The second-order valence-electron chi connectivity index (χ2n) is 3.02. The fraction of sp³-hybridized carbons (Fsp3) is 0.200. The minimum atomic E-state index is -2.35. The normalized spacial score (nSPS) is 11.0. The van der Waals surface area contributed by atoms with Crippen LogP contribution in [-0.4, -0.2) is 12.2 Å². The Bertz CT molecular complexity index is 486. The highest BCUT2D eigenvalue weighted by molar-refractivity contribution is 5.90. The van der Waals surface area contributed by atoms with Crippen molar-refractivity contribution in [3.63, 3.8) is 0 Å². The monoisotopic (exact) mass is 267 g/mol. The molecule has 0 saturated heterocycles. The summed E-state index contributed by atoms with van der Waals surface area (Å²) in [4.78, 5) is 15.1. The van der Waals surface area contributed by atoms with Crippen molar-refractivity contribution in [3.8, 4) is 0 Å². The van der Waals surface area contributed by atoms with Crippen molar-refractivity contribution in [2.24, 2.45) is 5.16 Å². The first-order valence-electron chi connectivity index (χ1n) is 4.66. The maximum atomic E-state index is 13.1. The number of oxime groups is 1. The van der Waals surface area contributed by atoms with Gasteiger partial charge in [0.15, 0.2) is 23.3 Å². The molecule has 0 spiro atoms. The molecule has 8 heteroatoms. The van der Waals surface area contributed by atoms with E-state index in [1.807, 2.05) is 0 Å². The van der Waals surface area contributed by atoms with E-state index in [2.05, 4.69) is 9.99 Å². The molecule has 1 aromatic carbocycles. The molecule has 0 heterocycles. The van der Waals surface area contributed by atoms with Gasteiger partial charge in [-0.05, 0) is 6.42 Å². The second-order valence-corrected chi connectivity index (χ2v) is 3.02. The Labute approximate surface area is 97.8 Å². The van der Waals surface area contributed by atoms with Crippen molar-refractivity contribution >= 4 is 12.2 Å². The number of hydrogen-bond acceptors (Lipinski definition) is 3. The van der Waals surface area contributed by atoms with E-state index in [0.717, 1.165) is 6.21 Å². The van der Waals surface area contributed by atoms with E-state index >= 15 is 0 Å². The Kier molecular flexibility index (Phi) is 4.35. The SMILES string of the molecule is CC/C=N/OC(=O)c1c(F)c(F)c(F)c(F)c1F. The van der Waals surface area contributed by atoms with Gasteiger partial charge >= 0.3 is 5.97 Å². The number of carbonyl (C=O) groups excluding carboxylic acids is 1. The zero-order valence-corrected chi connectivity index (χ0v) is 8.94. The Morgan fingerprint density at radius 3 is 1.94 bits per heavy atom. The smallest absolute Gasteiger partial charge is 0.313 e. The first-order valence-corrected chi connectivity index (χ1v) is 4.66. The van der Waals surface area contributed by atoms with Crippen molar-refractivity contribution in [3.05, 3.63) is 34.6 Å². The third kappa shape index (κ3) is 2.47. The molecule has 0 N–H and O–H groups in total. The van der Waals surface area contributed by atoms with Crippen LogP contribution in [0.3, 0.4) is 0 Å². The van der Waals surface area contributed by atoms with E-state index in [1.165, 1.54) is 0 Å². The fourth-order valence-electron chi connectivity index (χ4n) is 0.989. The van der Waals surface area contributed by atoms with Gasteiger partial charge in [-0.3, -0.25) is 0 Å². The molecule has 0 aliphatic rings. The van der Waals surface area contributed by atoms with Gasteiger partial charge in [-0.25, -0.2) is 26.7 Å². The number of benzene rings is 1. The largest absolute Gasteiger partial charge is 0.371 e. The maximum Gasteiger partial charge on any atom is 0.371 e. The van der Waals surface area contributed by atoms with E-state index < -0.39 is 40.6 Å². The van der Waals surface area contributed by atoms with Crippen molar-refractivity contribution in [2.75, 3.05) is 0 Å². The van der Waals surface area contributed by atoms with Crippen LogP contribution < -0.4 is 0 Å². The van der Waals surface area contributed by atoms with Gasteiger partial charge in [-0.2, -0.15) is 0 Å². The summed E-state index contributed by atoms with van der Waals surface area (Å²) >= 11 is 0. The Balaban J connectivity index is 3.25. The lowest BCUT2D eigenvalue weighted by Gasteiger charge is -2.05. The van der Waals surface area contributed by atoms with Crippen LogP contribution in [0.1, 0.15) is 23.7 Å². The molecule has 0 amide bonds. The number of nitrogens with zero attached hydrogens (tertiary/aromatic N) is 1. The molecule has 1 aromatic rings. The molecule has 0 atom stereocenters. The summed E-state index contributed by atoms with van der Waals surface area (Å²) in [6.07, 6.45) is 1.42. The van der Waals surface area contributed by atoms with Crippen LogP contribution in [0.25, 0.3) is 0 Å². The molecule has 0 unspecified atom stereocenters. The summed E-state index contributed by atoms with van der Waals surface area (Å²) < 4.78 is 64.3. The lowest BCUT2D eigenvalue weighted by atomic mass is 10.1. The molecule has 18 heavy (non-hydrogen) atoms. The van der Waals surface area contributed by atoms with Crippen LogP contribution in [-0.2, 0) is 4.84 Å². The van der Waals surface area contributed by atoms with Gasteiger partial charge < -0.3 is 4.84 Å². The van der Waals surface area contributed by atoms with Crippen LogP contribution in [0.2, 0.25) is 0 Å². The van der Waals surface area contributed by atoms with Gasteiger partial charge in [-0.15, -0.1) is 0 Å². The molecule has 0 radical (unpaired) electrons. The van der Waals surface area contributed by atoms with E-state index in [0.29, 0.717) is 6.42 Å². The lowest BCUT2D eigenvalue weighted by molar-refractivity contribution is 0.0503. The topological polar surface area (TPSA) is 38.7 Å². The van der Waals surface area contributed by atoms with Crippen LogP contribution in [0.5, 0.6) is 0 Å². The Morgan fingerprint density at radius 2 is 1.50 bits per heavy atom. The maximum absolute atomic E-state index is 13.1. The van der Waals surface area contributed by atoms with E-state index in [9.17, 15) is 26.7 Å². The van der Waals surface area contributed by atoms with Gasteiger partial charge in [-0.1, -0.05) is 12.1 Å². The third-order valence-electron chi connectivity index (χ3n) is 1.81. The summed E-state index contributed by atoms with van der Waals surface area (Å²) in [5.74, 6) is -13.1. The number of hydrogen-bond donors (Lipinski definition) is 0. The predicted octanol–water partition coefficient (Wildman–Crippen LogP) is 2.93. The molecule has 0 fully saturated rings. The first kappa shape index (κ1) is 14.1. The van der Waals surface area contributed by atoms with E-state index in [1.54, 1.807) is 6.92 Å². The summed E-state index contributed by atoms with van der Waals surface area (Å²) in [6.45, 7) is 1.62. The predicted molar refractivity (Wildman–Crippen MR) is 50.4 cm³/mol. The molecule has 3 nitrogen and oxygen atoms in total. The highest BCUT2D eigenvalue weighted by atomic mass is 19.2. The quantitative estimate of drug-likeness (QED) is 0.211. The molecule has 0 bridgehead atoms. The van der Waals surface area contributed by atoms with Crippen LogP contribution in [0, 0.1) is 29.1 Å². The van der Waals surface area contributed by atoms with E-state index in [-0.39, 0.29) is 0 Å². The van der Waals surface area contributed by atoms with Gasteiger partial charge in [0.1, 0.15) is 5.56 Å². The van der Waals surface area contributed by atoms with Crippen molar-refractivity contribution in [1.82, 2.24) is 0 Å². The second kappa shape index (κ2) is 5.56. The average molecular weight is 267 g/mol. The number of rotatable bonds is 3. The zero-order chi connectivity index (χ0) is 13.9. The summed E-state index contributed by atoms with van der Waals surface area (Å²) in [7, 11) is 0. The Morgan fingerprint density at radius 1 is 1.06 bits per heavy atom. The van der Waals surface area contributed by atoms with Crippen molar-refractivity contribution < 1.29 is 31.6 Å². The molecule has 98 valence electrons. The zero-order valence-electron chi connectivity index (χ0n) is 8.94. The Hall–Kier alpha value is -1.99. The summed E-state index contributed by atoms with van der Waals surface area (Å²) in [5, 5.41) is 2.98. The molecule has 0 aromatic heterocycles. The standard InChI is InChI=1S/C10H6F5NO2/c1-2-3-16-18-10(17)4-5(11)7(13)9(15)8(14)6(4)12/h3H,2H2,1H3/b16-3+. The number of carbonyl (C=O) groups is 1. The molecule has 0 aliphatic heterocycles.